The smallest absolute Gasteiger partial charge is 0.291 e. The lowest BCUT2D eigenvalue weighted by atomic mass is 10.1. The molecule has 3 aromatic heterocycles. The molecule has 0 bridgehead atoms. The normalized spacial score (nSPS) is 15.1. The van der Waals surface area contributed by atoms with Crippen molar-refractivity contribution in [3.8, 4) is 34.2 Å². The standard InChI is InChI=1S/C31H25N5O4S/c1-19(2)39-23-14-12-20(13-15-23)28-21(17-35(33-28)22-8-4-3-5-9-22)16-27-30(37)36-31(41-27)32-29(34-36)26-18-38-24-10-6-7-11-25(24)40-26/h3-17,19,26H,18H2,1-2H3. The minimum Gasteiger partial charge on any atom is -0.491 e. The van der Waals surface area contributed by atoms with Gasteiger partial charge in [-0.15, -0.1) is 5.10 Å². The largest absolute Gasteiger partial charge is 0.491 e. The quantitative estimate of drug-likeness (QED) is 0.286. The number of hydrogen-bond donors (Lipinski definition) is 0. The SMILES string of the molecule is CC(C)Oc1ccc(-c2nn(-c3ccccc3)cc2C=c2sc3nc(C4COc5ccccc5O4)nn3c2=O)cc1. The van der Waals surface area contributed by atoms with E-state index in [9.17, 15) is 4.79 Å². The molecule has 204 valence electrons. The molecule has 9 nitrogen and oxygen atoms in total. The highest BCUT2D eigenvalue weighted by Gasteiger charge is 2.27. The van der Waals surface area contributed by atoms with Gasteiger partial charge in [0.05, 0.1) is 16.3 Å². The number of fused-ring (bicyclic) bond motifs is 2. The Bertz CT molecular complexity index is 1960. The third-order valence-corrected chi connectivity index (χ3v) is 7.50. The molecular formula is C31H25N5O4S. The van der Waals surface area contributed by atoms with E-state index in [4.69, 9.17) is 19.3 Å². The summed E-state index contributed by atoms with van der Waals surface area (Å²) in [6.07, 6.45) is 3.36. The van der Waals surface area contributed by atoms with Gasteiger partial charge in [-0.1, -0.05) is 41.7 Å². The number of hydrogen-bond acceptors (Lipinski definition) is 8. The number of nitrogens with zero attached hydrogens (tertiary/aromatic N) is 5. The average molecular weight is 564 g/mol. The summed E-state index contributed by atoms with van der Waals surface area (Å²) >= 11 is 1.28. The second-order valence-electron chi connectivity index (χ2n) is 9.85. The Morgan fingerprint density at radius 2 is 1.73 bits per heavy atom. The monoisotopic (exact) mass is 563 g/mol. The lowest BCUT2D eigenvalue weighted by Gasteiger charge is -2.24. The molecule has 4 heterocycles. The third-order valence-electron chi connectivity index (χ3n) is 6.54. The Hall–Kier alpha value is -4.96. The minimum atomic E-state index is -0.498. The van der Waals surface area contributed by atoms with Crippen LogP contribution in [0.4, 0.5) is 0 Å². The molecule has 1 atom stereocenters. The highest BCUT2D eigenvalue weighted by atomic mass is 32.1. The van der Waals surface area contributed by atoms with Crippen molar-refractivity contribution in [3.63, 3.8) is 0 Å². The molecule has 3 aromatic carbocycles. The molecule has 1 aliphatic heterocycles. The van der Waals surface area contributed by atoms with Crippen LogP contribution in [0.3, 0.4) is 0 Å². The molecule has 0 fully saturated rings. The highest BCUT2D eigenvalue weighted by Crippen LogP contribution is 2.35. The number of rotatable bonds is 6. The van der Waals surface area contributed by atoms with Gasteiger partial charge in [0.1, 0.15) is 18.1 Å². The van der Waals surface area contributed by atoms with Crippen LogP contribution >= 0.6 is 11.3 Å². The first-order valence-electron chi connectivity index (χ1n) is 13.2. The maximum absolute atomic E-state index is 13.4. The van der Waals surface area contributed by atoms with Crippen LogP contribution in [0.2, 0.25) is 0 Å². The van der Waals surface area contributed by atoms with E-state index < -0.39 is 6.10 Å². The van der Waals surface area contributed by atoms with E-state index in [1.165, 1.54) is 15.9 Å². The molecule has 0 saturated heterocycles. The van der Waals surface area contributed by atoms with Gasteiger partial charge in [-0.2, -0.15) is 14.6 Å². The second kappa shape index (κ2) is 10.2. The van der Waals surface area contributed by atoms with Crippen LogP contribution in [-0.4, -0.2) is 37.1 Å². The van der Waals surface area contributed by atoms with Gasteiger partial charge in [0.2, 0.25) is 4.96 Å². The Kier molecular flexibility index (Phi) is 6.24. The van der Waals surface area contributed by atoms with Crippen molar-refractivity contribution >= 4 is 22.4 Å². The molecule has 1 aliphatic rings. The average Bonchev–Trinajstić information content (AvgIpc) is 3.68. The maximum Gasteiger partial charge on any atom is 0.291 e. The Balaban J connectivity index is 1.26. The number of ether oxygens (including phenoxy) is 3. The molecule has 0 N–H and O–H groups in total. The molecule has 0 amide bonds. The van der Waals surface area contributed by atoms with Crippen LogP contribution in [0, 0.1) is 0 Å². The van der Waals surface area contributed by atoms with Crippen LogP contribution in [0.25, 0.3) is 28.0 Å². The predicted octanol–water partition coefficient (Wildman–Crippen LogP) is 4.85. The van der Waals surface area contributed by atoms with E-state index in [0.29, 0.717) is 26.8 Å². The zero-order chi connectivity index (χ0) is 27.9. The lowest BCUT2D eigenvalue weighted by Crippen LogP contribution is -2.26. The molecule has 0 spiro atoms. The summed E-state index contributed by atoms with van der Waals surface area (Å²) in [5.41, 5.74) is 3.12. The molecule has 7 rings (SSSR count). The molecule has 0 aliphatic carbocycles. The molecule has 6 aromatic rings. The summed E-state index contributed by atoms with van der Waals surface area (Å²) in [6, 6.07) is 25.1. The van der Waals surface area contributed by atoms with Crippen molar-refractivity contribution in [2.24, 2.45) is 0 Å². The lowest BCUT2D eigenvalue weighted by molar-refractivity contribution is 0.0852. The maximum atomic E-state index is 13.4. The molecule has 10 heteroatoms. The summed E-state index contributed by atoms with van der Waals surface area (Å²) in [5, 5.41) is 9.36. The van der Waals surface area contributed by atoms with Gasteiger partial charge in [0.25, 0.3) is 5.56 Å². The summed E-state index contributed by atoms with van der Waals surface area (Å²) in [4.78, 5) is 18.5. The van der Waals surface area contributed by atoms with E-state index in [-0.39, 0.29) is 18.3 Å². The molecule has 1 unspecified atom stereocenters. The highest BCUT2D eigenvalue weighted by molar-refractivity contribution is 7.15. The zero-order valence-corrected chi connectivity index (χ0v) is 23.1. The molecule has 0 saturated carbocycles. The van der Waals surface area contributed by atoms with Crippen LogP contribution in [0.1, 0.15) is 31.3 Å². The van der Waals surface area contributed by atoms with Gasteiger partial charge in [-0.05, 0) is 68.5 Å². The predicted molar refractivity (Wildman–Crippen MR) is 156 cm³/mol. The number of benzene rings is 3. The van der Waals surface area contributed by atoms with Gasteiger partial charge in [0, 0.05) is 17.3 Å². The Morgan fingerprint density at radius 1 is 0.976 bits per heavy atom. The topological polar surface area (TPSA) is 92.8 Å². The Morgan fingerprint density at radius 3 is 2.49 bits per heavy atom. The van der Waals surface area contributed by atoms with Crippen LogP contribution < -0.4 is 24.3 Å². The fourth-order valence-corrected chi connectivity index (χ4v) is 5.57. The van der Waals surface area contributed by atoms with E-state index in [1.54, 1.807) is 0 Å². The summed E-state index contributed by atoms with van der Waals surface area (Å²) in [7, 11) is 0. The van der Waals surface area contributed by atoms with Crippen LogP contribution in [0.5, 0.6) is 17.2 Å². The summed E-state index contributed by atoms with van der Waals surface area (Å²) < 4.78 is 21.3. The van der Waals surface area contributed by atoms with Crippen molar-refractivity contribution < 1.29 is 14.2 Å². The van der Waals surface area contributed by atoms with Crippen LogP contribution in [-0.2, 0) is 0 Å². The third kappa shape index (κ3) is 4.82. The summed E-state index contributed by atoms with van der Waals surface area (Å²) in [5.74, 6) is 2.51. The van der Waals surface area contributed by atoms with Gasteiger partial charge in [-0.3, -0.25) is 4.79 Å². The van der Waals surface area contributed by atoms with Gasteiger partial charge in [-0.25, -0.2) is 4.68 Å². The molecule has 0 radical (unpaired) electrons. The molecular weight excluding hydrogens is 538 g/mol. The first kappa shape index (κ1) is 25.0. The van der Waals surface area contributed by atoms with E-state index in [0.717, 1.165) is 28.3 Å². The van der Waals surface area contributed by atoms with Gasteiger partial charge < -0.3 is 14.2 Å². The molecule has 41 heavy (non-hydrogen) atoms. The van der Waals surface area contributed by atoms with Gasteiger partial charge >= 0.3 is 0 Å². The second-order valence-corrected chi connectivity index (χ2v) is 10.9. The number of para-hydroxylation sites is 3. The fourth-order valence-electron chi connectivity index (χ4n) is 4.67. The summed E-state index contributed by atoms with van der Waals surface area (Å²) in [6.45, 7) is 4.26. The van der Waals surface area contributed by atoms with Crippen molar-refractivity contribution in [2.45, 2.75) is 26.1 Å². The van der Waals surface area contributed by atoms with Crippen molar-refractivity contribution in [1.82, 2.24) is 24.4 Å². The van der Waals surface area contributed by atoms with E-state index >= 15 is 0 Å². The number of aromatic nitrogens is 5. The van der Waals surface area contributed by atoms with Crippen LogP contribution in [0.15, 0.2) is 89.9 Å². The van der Waals surface area contributed by atoms with E-state index in [2.05, 4.69) is 10.1 Å². The van der Waals surface area contributed by atoms with Crippen molar-refractivity contribution in [3.05, 3.63) is 111 Å². The van der Waals surface area contributed by atoms with Gasteiger partial charge in [0.15, 0.2) is 23.4 Å². The minimum absolute atomic E-state index is 0.0809. The van der Waals surface area contributed by atoms with Crippen molar-refractivity contribution in [2.75, 3.05) is 6.61 Å². The van der Waals surface area contributed by atoms with E-state index in [1.807, 2.05) is 110 Å². The fraction of sp³-hybridized carbons (Fsp3) is 0.161. The Labute approximate surface area is 238 Å². The zero-order valence-electron chi connectivity index (χ0n) is 22.3. The first-order valence-corrected chi connectivity index (χ1v) is 14.1. The first-order chi connectivity index (χ1) is 20.0. The number of thiazole rings is 1. The van der Waals surface area contributed by atoms with Crippen molar-refractivity contribution in [1.29, 1.82) is 0 Å².